The first-order chi connectivity index (χ1) is 15.0. The van der Waals surface area contributed by atoms with Crippen LogP contribution in [0.5, 0.6) is 11.5 Å². The third-order valence-electron chi connectivity index (χ3n) is 4.76. The number of fused-ring (bicyclic) bond motifs is 1. The van der Waals surface area contributed by atoms with E-state index in [0.29, 0.717) is 11.3 Å². The number of para-hydroxylation sites is 1. The van der Waals surface area contributed by atoms with Crippen LogP contribution in [0, 0.1) is 5.82 Å². The lowest BCUT2D eigenvalue weighted by Crippen LogP contribution is -2.35. The SMILES string of the molecule is COc1ccc(C(=O)Nn2c(-c3ccccc3F)nc3ccccc3c2=O)c(OC)c1. The first kappa shape index (κ1) is 20.1. The number of carbonyl (C=O) groups excluding carboxylic acids is 1. The number of aromatic nitrogens is 2. The number of rotatable bonds is 5. The summed E-state index contributed by atoms with van der Waals surface area (Å²) in [5, 5.41) is 0.282. The van der Waals surface area contributed by atoms with Crippen LogP contribution in [-0.4, -0.2) is 29.8 Å². The van der Waals surface area contributed by atoms with Gasteiger partial charge in [0, 0.05) is 6.07 Å². The van der Waals surface area contributed by atoms with Crippen molar-refractivity contribution < 1.29 is 18.7 Å². The zero-order valence-corrected chi connectivity index (χ0v) is 16.8. The summed E-state index contributed by atoms with van der Waals surface area (Å²) in [7, 11) is 2.91. The van der Waals surface area contributed by atoms with Crippen LogP contribution in [0.1, 0.15) is 10.4 Å². The van der Waals surface area contributed by atoms with E-state index in [0.717, 1.165) is 4.68 Å². The molecule has 0 aliphatic heterocycles. The van der Waals surface area contributed by atoms with Crippen LogP contribution in [0.3, 0.4) is 0 Å². The Labute approximate surface area is 176 Å². The Bertz CT molecular complexity index is 1350. The topological polar surface area (TPSA) is 82.5 Å². The Hall–Kier alpha value is -4.20. The molecular formula is C23H18FN3O4. The largest absolute Gasteiger partial charge is 0.497 e. The van der Waals surface area contributed by atoms with Gasteiger partial charge >= 0.3 is 0 Å². The van der Waals surface area contributed by atoms with Gasteiger partial charge in [-0.3, -0.25) is 15.0 Å². The molecule has 3 aromatic carbocycles. The van der Waals surface area contributed by atoms with Crippen molar-refractivity contribution in [3.8, 4) is 22.9 Å². The first-order valence-corrected chi connectivity index (χ1v) is 9.33. The smallest absolute Gasteiger partial charge is 0.280 e. The summed E-state index contributed by atoms with van der Waals surface area (Å²) in [4.78, 5) is 30.7. The van der Waals surface area contributed by atoms with E-state index >= 15 is 0 Å². The fraction of sp³-hybridized carbons (Fsp3) is 0.0870. The standard InChI is InChI=1S/C23H18FN3O4/c1-30-14-11-12-17(20(13-14)31-2)22(28)26-27-21(15-7-3-5-9-18(15)24)25-19-10-6-4-8-16(19)23(27)29/h3-13H,1-2H3,(H,26,28). The predicted octanol–water partition coefficient (Wildman–Crippen LogP) is 3.60. The second-order valence-electron chi connectivity index (χ2n) is 6.58. The number of halogens is 1. The highest BCUT2D eigenvalue weighted by atomic mass is 19.1. The molecule has 0 aliphatic rings. The molecule has 0 aliphatic carbocycles. The van der Waals surface area contributed by atoms with Crippen LogP contribution in [0.4, 0.5) is 4.39 Å². The molecule has 1 aromatic heterocycles. The van der Waals surface area contributed by atoms with Gasteiger partial charge in [0.05, 0.1) is 36.2 Å². The monoisotopic (exact) mass is 419 g/mol. The number of carbonyl (C=O) groups is 1. The number of hydrogen-bond acceptors (Lipinski definition) is 5. The van der Waals surface area contributed by atoms with Gasteiger partial charge in [-0.15, -0.1) is 0 Å². The molecule has 4 rings (SSSR count). The normalized spacial score (nSPS) is 10.7. The number of hydrogen-bond donors (Lipinski definition) is 1. The van der Waals surface area contributed by atoms with Crippen molar-refractivity contribution in [1.29, 1.82) is 0 Å². The van der Waals surface area contributed by atoms with E-state index in [4.69, 9.17) is 9.47 Å². The zero-order valence-electron chi connectivity index (χ0n) is 16.8. The molecule has 0 radical (unpaired) electrons. The van der Waals surface area contributed by atoms with Gasteiger partial charge in [-0.2, -0.15) is 4.68 Å². The Morgan fingerprint density at radius 3 is 2.48 bits per heavy atom. The van der Waals surface area contributed by atoms with Gasteiger partial charge in [-0.25, -0.2) is 9.37 Å². The Morgan fingerprint density at radius 2 is 1.74 bits per heavy atom. The molecule has 0 saturated heterocycles. The summed E-state index contributed by atoms with van der Waals surface area (Å²) in [6.07, 6.45) is 0. The van der Waals surface area contributed by atoms with Crippen LogP contribution < -0.4 is 20.5 Å². The van der Waals surface area contributed by atoms with Crippen LogP contribution >= 0.6 is 0 Å². The molecule has 0 atom stereocenters. The van der Waals surface area contributed by atoms with Gasteiger partial charge < -0.3 is 9.47 Å². The molecule has 8 heteroatoms. The molecule has 0 spiro atoms. The van der Waals surface area contributed by atoms with Crippen molar-refractivity contribution in [1.82, 2.24) is 9.66 Å². The van der Waals surface area contributed by atoms with Crippen molar-refractivity contribution >= 4 is 16.8 Å². The molecule has 0 bridgehead atoms. The molecule has 7 nitrogen and oxygen atoms in total. The minimum absolute atomic E-state index is 0.0253. The van der Waals surface area contributed by atoms with E-state index in [1.807, 2.05) is 0 Å². The summed E-state index contributed by atoms with van der Waals surface area (Å²) in [6, 6.07) is 17.2. The molecule has 1 heterocycles. The summed E-state index contributed by atoms with van der Waals surface area (Å²) < 4.78 is 25.9. The van der Waals surface area contributed by atoms with E-state index in [2.05, 4.69) is 10.4 Å². The number of methoxy groups -OCH3 is 2. The maximum atomic E-state index is 14.5. The number of amides is 1. The van der Waals surface area contributed by atoms with Crippen molar-refractivity contribution in [2.24, 2.45) is 0 Å². The minimum atomic E-state index is -0.628. The quantitative estimate of drug-likeness (QED) is 0.535. The van der Waals surface area contributed by atoms with Crippen LogP contribution in [0.25, 0.3) is 22.3 Å². The maximum absolute atomic E-state index is 14.5. The molecule has 1 amide bonds. The van der Waals surface area contributed by atoms with Gasteiger partial charge in [0.25, 0.3) is 11.5 Å². The second kappa shape index (κ2) is 8.27. The van der Waals surface area contributed by atoms with Crippen LogP contribution in [0.2, 0.25) is 0 Å². The third-order valence-corrected chi connectivity index (χ3v) is 4.76. The van der Waals surface area contributed by atoms with Gasteiger partial charge in [0.15, 0.2) is 5.82 Å². The van der Waals surface area contributed by atoms with Gasteiger partial charge in [-0.05, 0) is 36.4 Å². The van der Waals surface area contributed by atoms with Gasteiger partial charge in [0.2, 0.25) is 0 Å². The molecule has 0 unspecified atom stereocenters. The lowest BCUT2D eigenvalue weighted by molar-refractivity contribution is 0.100. The van der Waals surface area contributed by atoms with Crippen molar-refractivity contribution in [2.45, 2.75) is 0 Å². The third kappa shape index (κ3) is 3.71. The van der Waals surface area contributed by atoms with E-state index < -0.39 is 17.3 Å². The van der Waals surface area contributed by atoms with Crippen molar-refractivity contribution in [3.63, 3.8) is 0 Å². The fourth-order valence-electron chi connectivity index (χ4n) is 3.21. The predicted molar refractivity (Wildman–Crippen MR) is 115 cm³/mol. The summed E-state index contributed by atoms with van der Waals surface area (Å²) in [5.74, 6) is -0.468. The maximum Gasteiger partial charge on any atom is 0.280 e. The van der Waals surface area contributed by atoms with E-state index in [9.17, 15) is 14.0 Å². The van der Waals surface area contributed by atoms with Gasteiger partial charge in [-0.1, -0.05) is 24.3 Å². The summed E-state index contributed by atoms with van der Waals surface area (Å²) in [5.41, 5.74) is 2.64. The van der Waals surface area contributed by atoms with E-state index in [-0.39, 0.29) is 28.1 Å². The number of benzene rings is 3. The van der Waals surface area contributed by atoms with Crippen molar-refractivity contribution in [3.05, 3.63) is 88.5 Å². The molecular weight excluding hydrogens is 401 g/mol. The highest BCUT2D eigenvalue weighted by molar-refractivity contribution is 6.02. The Kier molecular flexibility index (Phi) is 5.36. The van der Waals surface area contributed by atoms with E-state index in [1.165, 1.54) is 38.5 Å². The molecule has 31 heavy (non-hydrogen) atoms. The Balaban J connectivity index is 1.88. The highest BCUT2D eigenvalue weighted by Gasteiger charge is 2.20. The lowest BCUT2D eigenvalue weighted by atomic mass is 10.1. The molecule has 1 N–H and O–H groups in total. The van der Waals surface area contributed by atoms with E-state index in [1.54, 1.807) is 42.5 Å². The molecule has 0 saturated carbocycles. The molecule has 0 fully saturated rings. The van der Waals surface area contributed by atoms with Crippen molar-refractivity contribution in [2.75, 3.05) is 19.6 Å². The van der Waals surface area contributed by atoms with Gasteiger partial charge in [0.1, 0.15) is 17.3 Å². The number of nitrogens with zero attached hydrogens (tertiary/aromatic N) is 2. The summed E-state index contributed by atoms with van der Waals surface area (Å²) >= 11 is 0. The lowest BCUT2D eigenvalue weighted by Gasteiger charge is -2.16. The average molecular weight is 419 g/mol. The molecule has 156 valence electrons. The van der Waals surface area contributed by atoms with Crippen LogP contribution in [0.15, 0.2) is 71.5 Å². The Morgan fingerprint density at radius 1 is 1.00 bits per heavy atom. The minimum Gasteiger partial charge on any atom is -0.497 e. The second-order valence-corrected chi connectivity index (χ2v) is 6.58. The first-order valence-electron chi connectivity index (χ1n) is 9.33. The number of nitrogens with one attached hydrogen (secondary N) is 1. The average Bonchev–Trinajstić information content (AvgIpc) is 2.80. The number of ether oxygens (including phenoxy) is 2. The molecule has 4 aromatic rings. The fourth-order valence-corrected chi connectivity index (χ4v) is 3.21. The highest BCUT2D eigenvalue weighted by Crippen LogP contribution is 2.25. The summed E-state index contributed by atoms with van der Waals surface area (Å²) in [6.45, 7) is 0. The van der Waals surface area contributed by atoms with Crippen LogP contribution in [-0.2, 0) is 0 Å². The zero-order chi connectivity index (χ0) is 22.0.